The predicted molar refractivity (Wildman–Crippen MR) is 136 cm³/mol. The standard InChI is InChI=1S/C29H32FN3O2/c1-35-28-5-3-2-4-23(28)14-17-32-15-12-21(13-16-32)18-29-31-26-19-25(34)10-11-27(26)33(29)20-22-6-8-24(30)9-7-22/h2-11,19,21,34H,12-18,20H2,1H3. The van der Waals surface area contributed by atoms with E-state index in [-0.39, 0.29) is 11.6 Å². The fraction of sp³-hybridized carbons (Fsp3) is 0.345. The Balaban J connectivity index is 1.25. The van der Waals surface area contributed by atoms with Crippen LogP contribution in [0, 0.1) is 11.7 Å². The number of para-hydroxylation sites is 1. The van der Waals surface area contributed by atoms with Gasteiger partial charge in [0, 0.05) is 25.6 Å². The summed E-state index contributed by atoms with van der Waals surface area (Å²) in [7, 11) is 1.73. The fourth-order valence-electron chi connectivity index (χ4n) is 5.13. The Morgan fingerprint density at radius 2 is 1.80 bits per heavy atom. The molecule has 0 amide bonds. The highest BCUT2D eigenvalue weighted by Crippen LogP contribution is 2.27. The van der Waals surface area contributed by atoms with Crippen LogP contribution in [0.4, 0.5) is 4.39 Å². The number of piperidine rings is 1. The molecule has 1 saturated heterocycles. The molecule has 0 saturated carbocycles. The molecule has 5 nitrogen and oxygen atoms in total. The summed E-state index contributed by atoms with van der Waals surface area (Å²) in [6.45, 7) is 3.84. The molecule has 0 bridgehead atoms. The summed E-state index contributed by atoms with van der Waals surface area (Å²) in [5.41, 5.74) is 4.09. The summed E-state index contributed by atoms with van der Waals surface area (Å²) in [6, 6.07) is 20.3. The molecule has 0 aliphatic carbocycles. The molecule has 3 aromatic carbocycles. The van der Waals surface area contributed by atoms with Crippen molar-refractivity contribution in [3.63, 3.8) is 0 Å². The molecule has 2 heterocycles. The van der Waals surface area contributed by atoms with E-state index in [2.05, 4.69) is 21.6 Å². The van der Waals surface area contributed by atoms with Crippen molar-refractivity contribution < 1.29 is 14.2 Å². The van der Waals surface area contributed by atoms with Crippen LogP contribution in [0.5, 0.6) is 11.5 Å². The number of imidazole rings is 1. The number of benzene rings is 3. The van der Waals surface area contributed by atoms with Crippen molar-refractivity contribution in [2.45, 2.75) is 32.2 Å². The third-order valence-electron chi connectivity index (χ3n) is 7.13. The largest absolute Gasteiger partial charge is 0.508 e. The zero-order chi connectivity index (χ0) is 24.2. The number of phenolic OH excluding ortho intramolecular Hbond substituents is 1. The van der Waals surface area contributed by atoms with E-state index in [0.29, 0.717) is 12.5 Å². The van der Waals surface area contributed by atoms with Gasteiger partial charge in [0.1, 0.15) is 23.1 Å². The minimum atomic E-state index is -0.230. The van der Waals surface area contributed by atoms with Crippen molar-refractivity contribution in [3.8, 4) is 11.5 Å². The topological polar surface area (TPSA) is 50.5 Å². The number of phenols is 1. The van der Waals surface area contributed by atoms with Gasteiger partial charge in [0.15, 0.2) is 0 Å². The van der Waals surface area contributed by atoms with Crippen LogP contribution in [0.1, 0.15) is 29.8 Å². The van der Waals surface area contributed by atoms with E-state index in [1.165, 1.54) is 17.7 Å². The smallest absolute Gasteiger partial charge is 0.123 e. The molecule has 182 valence electrons. The summed E-state index contributed by atoms with van der Waals surface area (Å²) in [5, 5.41) is 9.96. The van der Waals surface area contributed by atoms with Gasteiger partial charge < -0.3 is 19.3 Å². The second-order valence-electron chi connectivity index (χ2n) is 9.46. The number of methoxy groups -OCH3 is 1. The lowest BCUT2D eigenvalue weighted by molar-refractivity contribution is 0.184. The molecule has 35 heavy (non-hydrogen) atoms. The van der Waals surface area contributed by atoms with Gasteiger partial charge in [-0.3, -0.25) is 0 Å². The SMILES string of the molecule is COc1ccccc1CCN1CCC(Cc2nc3cc(O)ccc3n2Cc2ccc(F)cc2)CC1. The number of hydrogen-bond donors (Lipinski definition) is 1. The van der Waals surface area contributed by atoms with Gasteiger partial charge in [-0.25, -0.2) is 9.37 Å². The van der Waals surface area contributed by atoms with Crippen molar-refractivity contribution in [2.24, 2.45) is 5.92 Å². The summed E-state index contributed by atoms with van der Waals surface area (Å²) in [4.78, 5) is 7.44. The lowest BCUT2D eigenvalue weighted by atomic mass is 9.93. The van der Waals surface area contributed by atoms with E-state index in [1.54, 1.807) is 19.2 Å². The molecule has 0 radical (unpaired) electrons. The highest BCUT2D eigenvalue weighted by atomic mass is 19.1. The van der Waals surface area contributed by atoms with E-state index in [0.717, 1.165) is 73.5 Å². The van der Waals surface area contributed by atoms with Crippen molar-refractivity contribution >= 4 is 11.0 Å². The number of hydrogen-bond acceptors (Lipinski definition) is 4. The molecule has 0 unspecified atom stereocenters. The Labute approximate surface area is 205 Å². The van der Waals surface area contributed by atoms with E-state index < -0.39 is 0 Å². The van der Waals surface area contributed by atoms with Crippen LogP contribution >= 0.6 is 0 Å². The molecule has 0 atom stereocenters. The van der Waals surface area contributed by atoms with E-state index in [1.807, 2.05) is 30.3 Å². The maximum Gasteiger partial charge on any atom is 0.123 e. The van der Waals surface area contributed by atoms with Crippen LogP contribution in [0.15, 0.2) is 66.7 Å². The van der Waals surface area contributed by atoms with Crippen molar-refractivity contribution in [1.82, 2.24) is 14.5 Å². The number of aromatic hydroxyl groups is 1. The van der Waals surface area contributed by atoms with E-state index in [4.69, 9.17) is 9.72 Å². The first-order valence-corrected chi connectivity index (χ1v) is 12.4. The highest BCUT2D eigenvalue weighted by Gasteiger charge is 2.22. The summed E-state index contributed by atoms with van der Waals surface area (Å²) >= 11 is 0. The van der Waals surface area contributed by atoms with Gasteiger partial charge >= 0.3 is 0 Å². The molecule has 5 rings (SSSR count). The second-order valence-corrected chi connectivity index (χ2v) is 9.46. The molecule has 1 aromatic heterocycles. The van der Waals surface area contributed by atoms with Gasteiger partial charge in [-0.15, -0.1) is 0 Å². The van der Waals surface area contributed by atoms with Crippen molar-refractivity contribution in [1.29, 1.82) is 0 Å². The first-order valence-electron chi connectivity index (χ1n) is 12.4. The molecular weight excluding hydrogens is 441 g/mol. The zero-order valence-electron chi connectivity index (χ0n) is 20.2. The Morgan fingerprint density at radius 1 is 1.03 bits per heavy atom. The van der Waals surface area contributed by atoms with Crippen LogP contribution in [-0.4, -0.2) is 46.3 Å². The summed E-state index contributed by atoms with van der Waals surface area (Å²) in [6.07, 6.45) is 4.16. The van der Waals surface area contributed by atoms with Crippen molar-refractivity contribution in [2.75, 3.05) is 26.7 Å². The zero-order valence-corrected chi connectivity index (χ0v) is 20.2. The molecule has 1 aliphatic rings. The van der Waals surface area contributed by atoms with Gasteiger partial charge in [-0.1, -0.05) is 30.3 Å². The third-order valence-corrected chi connectivity index (χ3v) is 7.13. The van der Waals surface area contributed by atoms with Gasteiger partial charge in [-0.05, 0) is 79.7 Å². The molecule has 1 N–H and O–H groups in total. The normalized spacial score (nSPS) is 15.0. The van der Waals surface area contributed by atoms with Gasteiger partial charge in [0.25, 0.3) is 0 Å². The predicted octanol–water partition coefficient (Wildman–Crippen LogP) is 5.44. The Hall–Kier alpha value is -3.38. The number of aromatic nitrogens is 2. The Kier molecular flexibility index (Phi) is 7.00. The average molecular weight is 474 g/mol. The number of likely N-dealkylation sites (tertiary alicyclic amines) is 1. The first kappa shape index (κ1) is 23.4. The number of nitrogens with zero attached hydrogens (tertiary/aromatic N) is 3. The van der Waals surface area contributed by atoms with Crippen LogP contribution in [0.2, 0.25) is 0 Å². The van der Waals surface area contributed by atoms with Crippen LogP contribution in [0.25, 0.3) is 11.0 Å². The lowest BCUT2D eigenvalue weighted by Crippen LogP contribution is -2.36. The highest BCUT2D eigenvalue weighted by molar-refractivity contribution is 5.77. The lowest BCUT2D eigenvalue weighted by Gasteiger charge is -2.32. The maximum absolute atomic E-state index is 13.4. The van der Waals surface area contributed by atoms with E-state index >= 15 is 0 Å². The summed E-state index contributed by atoms with van der Waals surface area (Å²) in [5.74, 6) is 2.55. The number of ether oxygens (including phenoxy) is 1. The van der Waals surface area contributed by atoms with Crippen LogP contribution < -0.4 is 4.74 Å². The quantitative estimate of drug-likeness (QED) is 0.371. The molecule has 1 fully saturated rings. The average Bonchev–Trinajstić information content (AvgIpc) is 3.20. The number of rotatable bonds is 8. The molecule has 0 spiro atoms. The number of halogens is 1. The molecule has 6 heteroatoms. The summed E-state index contributed by atoms with van der Waals surface area (Å²) < 4.78 is 21.1. The van der Waals surface area contributed by atoms with Gasteiger partial charge in [-0.2, -0.15) is 0 Å². The minimum Gasteiger partial charge on any atom is -0.508 e. The Morgan fingerprint density at radius 3 is 2.57 bits per heavy atom. The van der Waals surface area contributed by atoms with Crippen LogP contribution in [-0.2, 0) is 19.4 Å². The molecular formula is C29H32FN3O2. The maximum atomic E-state index is 13.4. The minimum absolute atomic E-state index is 0.221. The Bertz CT molecular complexity index is 1280. The fourth-order valence-corrected chi connectivity index (χ4v) is 5.13. The molecule has 1 aliphatic heterocycles. The third kappa shape index (κ3) is 5.49. The first-order chi connectivity index (χ1) is 17.1. The number of fused-ring (bicyclic) bond motifs is 1. The van der Waals surface area contributed by atoms with Crippen molar-refractivity contribution in [3.05, 3.63) is 89.5 Å². The van der Waals surface area contributed by atoms with Gasteiger partial charge in [0.2, 0.25) is 0 Å². The molecule has 4 aromatic rings. The second kappa shape index (κ2) is 10.5. The van der Waals surface area contributed by atoms with Crippen LogP contribution in [0.3, 0.4) is 0 Å². The monoisotopic (exact) mass is 473 g/mol. The van der Waals surface area contributed by atoms with E-state index in [9.17, 15) is 9.50 Å². The van der Waals surface area contributed by atoms with Gasteiger partial charge in [0.05, 0.1) is 18.1 Å².